The predicted molar refractivity (Wildman–Crippen MR) is 117 cm³/mol. The molecule has 1 aliphatic heterocycles. The fourth-order valence-electron chi connectivity index (χ4n) is 4.44. The average Bonchev–Trinajstić information content (AvgIpc) is 3.51. The normalized spacial score (nSPS) is 16.4. The number of benzene rings is 1. The van der Waals surface area contributed by atoms with E-state index in [0.717, 1.165) is 37.9 Å². The molecule has 1 fully saturated rings. The third-order valence-electron chi connectivity index (χ3n) is 6.05. The number of nitrogens with one attached hydrogen (secondary N) is 1. The van der Waals surface area contributed by atoms with Crippen molar-refractivity contribution in [1.29, 1.82) is 0 Å². The molecule has 2 aliphatic rings. The van der Waals surface area contributed by atoms with E-state index in [2.05, 4.69) is 15.4 Å². The fraction of sp³-hybridized carbons (Fsp3) is 0.375. The maximum Gasteiger partial charge on any atom is 0.417 e. The first-order valence-electron chi connectivity index (χ1n) is 11.1. The number of hydrogen-bond donors (Lipinski definition) is 1. The van der Waals surface area contributed by atoms with Gasteiger partial charge in [-0.2, -0.15) is 18.3 Å². The van der Waals surface area contributed by atoms with Gasteiger partial charge in [0.2, 0.25) is 0 Å². The SMILES string of the molecule is CC(C)c1c(C(=O)Nc2ccc3c(c2)OC2(CCCC2)O3)cnn1-c1ccc(C(F)(F)F)cn1. The zero-order chi connectivity index (χ0) is 24.1. The van der Waals surface area contributed by atoms with Gasteiger partial charge < -0.3 is 14.8 Å². The Morgan fingerprint density at radius 2 is 1.82 bits per heavy atom. The molecule has 1 aromatic carbocycles. The van der Waals surface area contributed by atoms with Crippen LogP contribution in [0.4, 0.5) is 18.9 Å². The van der Waals surface area contributed by atoms with Crippen LogP contribution >= 0.6 is 0 Å². The lowest BCUT2D eigenvalue weighted by molar-refractivity contribution is -0.137. The van der Waals surface area contributed by atoms with Crippen LogP contribution in [0.2, 0.25) is 0 Å². The van der Waals surface area contributed by atoms with Crippen LogP contribution in [0.5, 0.6) is 11.5 Å². The molecule has 0 unspecified atom stereocenters. The van der Waals surface area contributed by atoms with Crippen LogP contribution in [0.1, 0.15) is 67.1 Å². The Bertz CT molecular complexity index is 1230. The molecule has 1 saturated carbocycles. The molecule has 178 valence electrons. The number of amides is 1. The largest absolute Gasteiger partial charge is 0.448 e. The number of halogens is 3. The summed E-state index contributed by atoms with van der Waals surface area (Å²) in [5, 5.41) is 7.09. The first-order chi connectivity index (χ1) is 16.2. The molecular formula is C24H23F3N4O3. The van der Waals surface area contributed by atoms with Crippen molar-refractivity contribution in [3.8, 4) is 17.3 Å². The van der Waals surface area contributed by atoms with E-state index in [1.165, 1.54) is 16.9 Å². The van der Waals surface area contributed by atoms with Crippen LogP contribution in [0.25, 0.3) is 5.82 Å². The maximum absolute atomic E-state index is 13.1. The second kappa shape index (κ2) is 8.03. The Balaban J connectivity index is 1.39. The summed E-state index contributed by atoms with van der Waals surface area (Å²) in [5.74, 6) is 0.312. The van der Waals surface area contributed by atoms with E-state index in [1.807, 2.05) is 13.8 Å². The molecule has 2 aromatic heterocycles. The fourth-order valence-corrected chi connectivity index (χ4v) is 4.44. The van der Waals surface area contributed by atoms with E-state index in [1.54, 1.807) is 18.2 Å². The summed E-state index contributed by atoms with van der Waals surface area (Å²) in [5.41, 5.74) is 0.532. The van der Waals surface area contributed by atoms with E-state index >= 15 is 0 Å². The van der Waals surface area contributed by atoms with Crippen molar-refractivity contribution < 1.29 is 27.4 Å². The molecule has 10 heteroatoms. The van der Waals surface area contributed by atoms with E-state index < -0.39 is 23.4 Å². The number of fused-ring (bicyclic) bond motifs is 1. The van der Waals surface area contributed by atoms with Crippen molar-refractivity contribution in [2.75, 3.05) is 5.32 Å². The summed E-state index contributed by atoms with van der Waals surface area (Å²) in [6.45, 7) is 3.74. The number of alkyl halides is 3. The second-order valence-electron chi connectivity index (χ2n) is 8.85. The first-order valence-corrected chi connectivity index (χ1v) is 11.1. The van der Waals surface area contributed by atoms with Crippen molar-refractivity contribution in [1.82, 2.24) is 14.8 Å². The molecule has 34 heavy (non-hydrogen) atoms. The maximum atomic E-state index is 13.1. The monoisotopic (exact) mass is 472 g/mol. The summed E-state index contributed by atoms with van der Waals surface area (Å²) in [4.78, 5) is 17.0. The molecule has 1 N–H and O–H groups in total. The molecule has 7 nitrogen and oxygen atoms in total. The molecule has 1 amide bonds. The Hall–Kier alpha value is -3.56. The summed E-state index contributed by atoms with van der Waals surface area (Å²) >= 11 is 0. The molecule has 3 heterocycles. The standard InChI is InChI=1S/C24H23F3N4O3/c1-14(2)21-17(13-29-31(21)20-8-5-15(12-28-20)24(25,26)27)22(32)30-16-6-7-18-19(11-16)34-23(33-18)9-3-4-10-23/h5-8,11-14H,3-4,9-10H2,1-2H3,(H,30,32). The van der Waals surface area contributed by atoms with Gasteiger partial charge >= 0.3 is 6.18 Å². The number of anilines is 1. The van der Waals surface area contributed by atoms with E-state index in [9.17, 15) is 18.0 Å². The minimum atomic E-state index is -4.48. The summed E-state index contributed by atoms with van der Waals surface area (Å²) < 4.78 is 52.1. The van der Waals surface area contributed by atoms with Crippen LogP contribution in [-0.4, -0.2) is 26.5 Å². The third-order valence-corrected chi connectivity index (χ3v) is 6.05. The van der Waals surface area contributed by atoms with Crippen LogP contribution in [0.3, 0.4) is 0 Å². The van der Waals surface area contributed by atoms with Crippen LogP contribution in [0.15, 0.2) is 42.7 Å². The zero-order valence-corrected chi connectivity index (χ0v) is 18.6. The summed E-state index contributed by atoms with van der Waals surface area (Å²) in [6.07, 6.45) is 1.43. The molecule has 0 saturated heterocycles. The van der Waals surface area contributed by atoms with Gasteiger partial charge in [-0.3, -0.25) is 4.79 Å². The predicted octanol–water partition coefficient (Wildman–Crippen LogP) is 5.70. The summed E-state index contributed by atoms with van der Waals surface area (Å²) in [7, 11) is 0. The van der Waals surface area contributed by atoms with Crippen LogP contribution < -0.4 is 14.8 Å². The van der Waals surface area contributed by atoms with Crippen LogP contribution in [0, 0.1) is 0 Å². The van der Waals surface area contributed by atoms with Gasteiger partial charge in [0, 0.05) is 30.8 Å². The van der Waals surface area contributed by atoms with Crippen molar-refractivity contribution in [2.45, 2.75) is 57.4 Å². The van der Waals surface area contributed by atoms with E-state index in [4.69, 9.17) is 9.47 Å². The number of pyridine rings is 1. The number of carbonyl (C=O) groups is 1. The molecule has 0 atom stereocenters. The van der Waals surface area contributed by atoms with E-state index in [-0.39, 0.29) is 11.7 Å². The quantitative estimate of drug-likeness (QED) is 0.527. The highest BCUT2D eigenvalue weighted by atomic mass is 19.4. The first kappa shape index (κ1) is 22.2. The molecule has 0 radical (unpaired) electrons. The Kier molecular flexibility index (Phi) is 5.26. The topological polar surface area (TPSA) is 78.3 Å². The highest BCUT2D eigenvalue weighted by molar-refractivity contribution is 6.05. The van der Waals surface area contributed by atoms with Crippen molar-refractivity contribution in [3.05, 3.63) is 59.5 Å². The van der Waals surface area contributed by atoms with E-state index in [0.29, 0.717) is 28.4 Å². The molecule has 1 aliphatic carbocycles. The van der Waals surface area contributed by atoms with Gasteiger partial charge in [0.25, 0.3) is 11.7 Å². The van der Waals surface area contributed by atoms with Crippen LogP contribution in [-0.2, 0) is 6.18 Å². The van der Waals surface area contributed by atoms with Gasteiger partial charge in [-0.15, -0.1) is 0 Å². The number of nitrogens with zero attached hydrogens (tertiary/aromatic N) is 3. The minimum Gasteiger partial charge on any atom is -0.448 e. The lowest BCUT2D eigenvalue weighted by atomic mass is 10.1. The molecule has 0 bridgehead atoms. The summed E-state index contributed by atoms with van der Waals surface area (Å²) in [6, 6.07) is 7.43. The van der Waals surface area contributed by atoms with Gasteiger partial charge in [-0.1, -0.05) is 13.8 Å². The smallest absolute Gasteiger partial charge is 0.417 e. The highest BCUT2D eigenvalue weighted by Crippen LogP contribution is 2.47. The number of hydrogen-bond acceptors (Lipinski definition) is 5. The highest BCUT2D eigenvalue weighted by Gasteiger charge is 2.44. The Labute approximate surface area is 193 Å². The Morgan fingerprint density at radius 1 is 1.09 bits per heavy atom. The third kappa shape index (κ3) is 3.97. The van der Waals surface area contributed by atoms with Crippen molar-refractivity contribution in [2.24, 2.45) is 0 Å². The number of ether oxygens (including phenoxy) is 2. The van der Waals surface area contributed by atoms with Crippen molar-refractivity contribution in [3.63, 3.8) is 0 Å². The minimum absolute atomic E-state index is 0.147. The number of rotatable bonds is 4. The molecule has 1 spiro atoms. The average molecular weight is 472 g/mol. The van der Waals surface area contributed by atoms with Gasteiger partial charge in [0.1, 0.15) is 0 Å². The molecular weight excluding hydrogens is 449 g/mol. The molecule has 5 rings (SSSR count). The van der Waals surface area contributed by atoms with Gasteiger partial charge in [0.05, 0.1) is 23.0 Å². The van der Waals surface area contributed by atoms with Crippen molar-refractivity contribution >= 4 is 11.6 Å². The second-order valence-corrected chi connectivity index (χ2v) is 8.85. The Morgan fingerprint density at radius 3 is 2.47 bits per heavy atom. The zero-order valence-electron chi connectivity index (χ0n) is 18.6. The lowest BCUT2D eigenvalue weighted by Crippen LogP contribution is -2.34. The van der Waals surface area contributed by atoms with Gasteiger partial charge in [-0.25, -0.2) is 9.67 Å². The number of carbonyl (C=O) groups excluding carboxylic acids is 1. The molecule has 3 aromatic rings. The lowest BCUT2D eigenvalue weighted by Gasteiger charge is -2.21. The number of aromatic nitrogens is 3. The van der Waals surface area contributed by atoms with Gasteiger partial charge in [-0.05, 0) is 43.0 Å². The van der Waals surface area contributed by atoms with Gasteiger partial charge in [0.15, 0.2) is 17.3 Å².